The molecular weight excluding hydrogens is 384 g/mol. The van der Waals surface area contributed by atoms with Gasteiger partial charge in [0.15, 0.2) is 12.7 Å². The van der Waals surface area contributed by atoms with Gasteiger partial charge >= 0.3 is 5.97 Å². The van der Waals surface area contributed by atoms with Crippen molar-refractivity contribution in [2.45, 2.75) is 26.9 Å². The summed E-state index contributed by atoms with van der Waals surface area (Å²) in [6, 6.07) is 11.6. The maximum Gasteiger partial charge on any atom is 0.344 e. The molecule has 2 aromatic carbocycles. The highest BCUT2D eigenvalue weighted by Gasteiger charge is 2.18. The zero-order chi connectivity index (χ0) is 20.7. The van der Waals surface area contributed by atoms with Gasteiger partial charge in [-0.3, -0.25) is 9.59 Å². The predicted molar refractivity (Wildman–Crippen MR) is 107 cm³/mol. The zero-order valence-electron chi connectivity index (χ0n) is 15.7. The molecule has 0 saturated carbocycles. The molecule has 0 bridgehead atoms. The van der Waals surface area contributed by atoms with Crippen molar-refractivity contribution in [1.29, 1.82) is 0 Å². The van der Waals surface area contributed by atoms with Gasteiger partial charge in [-0.25, -0.2) is 4.79 Å². The third kappa shape index (κ3) is 6.59. The lowest BCUT2D eigenvalue weighted by molar-refractivity contribution is -0.155. The molecule has 8 heteroatoms. The van der Waals surface area contributed by atoms with E-state index in [1.54, 1.807) is 42.5 Å². The van der Waals surface area contributed by atoms with Crippen LogP contribution in [0, 0.1) is 6.92 Å². The van der Waals surface area contributed by atoms with Crippen molar-refractivity contribution >= 4 is 40.8 Å². The first kappa shape index (κ1) is 21.2. The highest BCUT2D eigenvalue weighted by molar-refractivity contribution is 6.31. The van der Waals surface area contributed by atoms with E-state index in [0.717, 1.165) is 5.56 Å². The minimum atomic E-state index is -1.00. The lowest BCUT2D eigenvalue weighted by Crippen LogP contribution is -2.31. The molecule has 2 amide bonds. The van der Waals surface area contributed by atoms with Gasteiger partial charge in [0.2, 0.25) is 5.91 Å². The number of esters is 1. The Balaban J connectivity index is 1.81. The average molecular weight is 405 g/mol. The van der Waals surface area contributed by atoms with E-state index < -0.39 is 18.0 Å². The first-order valence-corrected chi connectivity index (χ1v) is 8.89. The fraction of sp³-hybridized carbons (Fsp3) is 0.250. The summed E-state index contributed by atoms with van der Waals surface area (Å²) in [7, 11) is 0. The Morgan fingerprint density at radius 3 is 2.21 bits per heavy atom. The molecule has 0 unspecified atom stereocenters. The SMILES string of the molecule is CC(=O)Nc1ccc(NC(=O)[C@@H](C)OC(=O)COc2ccc(Cl)c(C)c2)cc1. The van der Waals surface area contributed by atoms with Gasteiger partial charge in [0.1, 0.15) is 5.75 Å². The summed E-state index contributed by atoms with van der Waals surface area (Å²) in [6.07, 6.45) is -1.00. The van der Waals surface area contributed by atoms with E-state index in [1.807, 2.05) is 6.92 Å². The molecule has 0 aliphatic rings. The molecule has 1 atom stereocenters. The third-order valence-electron chi connectivity index (χ3n) is 3.64. The quantitative estimate of drug-likeness (QED) is 0.688. The molecule has 2 rings (SSSR count). The number of carbonyl (C=O) groups is 3. The Labute approximate surface area is 168 Å². The summed E-state index contributed by atoms with van der Waals surface area (Å²) in [6.45, 7) is 4.36. The molecule has 7 nitrogen and oxygen atoms in total. The maximum absolute atomic E-state index is 12.2. The van der Waals surface area contributed by atoms with E-state index in [1.165, 1.54) is 13.8 Å². The van der Waals surface area contributed by atoms with E-state index in [4.69, 9.17) is 21.1 Å². The number of ether oxygens (including phenoxy) is 2. The molecule has 0 aliphatic carbocycles. The number of halogens is 1. The molecule has 0 radical (unpaired) electrons. The van der Waals surface area contributed by atoms with Gasteiger partial charge in [-0.05, 0) is 61.9 Å². The van der Waals surface area contributed by atoms with Crippen molar-refractivity contribution in [3.8, 4) is 5.75 Å². The van der Waals surface area contributed by atoms with E-state index in [9.17, 15) is 14.4 Å². The van der Waals surface area contributed by atoms with Gasteiger partial charge in [0.25, 0.3) is 5.91 Å². The van der Waals surface area contributed by atoms with Crippen molar-refractivity contribution < 1.29 is 23.9 Å². The number of hydrogen-bond acceptors (Lipinski definition) is 5. The second kappa shape index (κ2) is 9.75. The second-order valence-electron chi connectivity index (χ2n) is 6.08. The molecule has 148 valence electrons. The number of anilines is 2. The molecule has 0 aliphatic heterocycles. The highest BCUT2D eigenvalue weighted by atomic mass is 35.5. The standard InChI is InChI=1S/C20H21ClN2O5/c1-12-10-17(8-9-18(12)21)27-11-19(25)28-13(2)20(26)23-16-6-4-15(5-7-16)22-14(3)24/h4-10,13H,11H2,1-3H3,(H,22,24)(H,23,26)/t13-/m1/s1. The summed E-state index contributed by atoms with van der Waals surface area (Å²) in [5.41, 5.74) is 1.94. The molecule has 0 spiro atoms. The van der Waals surface area contributed by atoms with E-state index >= 15 is 0 Å². The molecule has 0 saturated heterocycles. The predicted octanol–water partition coefficient (Wildman–Crippen LogP) is 3.56. The van der Waals surface area contributed by atoms with Crippen LogP contribution in [-0.4, -0.2) is 30.5 Å². The number of carbonyl (C=O) groups excluding carboxylic acids is 3. The Morgan fingerprint density at radius 2 is 1.64 bits per heavy atom. The molecular formula is C20H21ClN2O5. The van der Waals surface area contributed by atoms with Crippen LogP contribution in [0.25, 0.3) is 0 Å². The molecule has 28 heavy (non-hydrogen) atoms. The van der Waals surface area contributed by atoms with Gasteiger partial charge in [0, 0.05) is 23.3 Å². The fourth-order valence-corrected chi connectivity index (χ4v) is 2.34. The Morgan fingerprint density at radius 1 is 1.04 bits per heavy atom. The average Bonchev–Trinajstić information content (AvgIpc) is 2.63. The van der Waals surface area contributed by atoms with Crippen LogP contribution in [0.3, 0.4) is 0 Å². The van der Waals surface area contributed by atoms with Crippen LogP contribution in [0.5, 0.6) is 5.75 Å². The van der Waals surface area contributed by atoms with Crippen molar-refractivity contribution in [3.05, 3.63) is 53.1 Å². The number of amides is 2. The van der Waals surface area contributed by atoms with Crippen molar-refractivity contribution in [2.24, 2.45) is 0 Å². The van der Waals surface area contributed by atoms with Gasteiger partial charge in [-0.2, -0.15) is 0 Å². The van der Waals surface area contributed by atoms with Crippen molar-refractivity contribution in [3.63, 3.8) is 0 Å². The summed E-state index contributed by atoms with van der Waals surface area (Å²) >= 11 is 5.93. The summed E-state index contributed by atoms with van der Waals surface area (Å²) < 4.78 is 10.4. The minimum absolute atomic E-state index is 0.187. The lowest BCUT2D eigenvalue weighted by atomic mass is 10.2. The summed E-state index contributed by atoms with van der Waals surface area (Å²) in [5, 5.41) is 5.86. The molecule has 0 heterocycles. The molecule has 0 aromatic heterocycles. The number of benzene rings is 2. The first-order valence-electron chi connectivity index (χ1n) is 8.51. The number of rotatable bonds is 7. The Bertz CT molecular complexity index is 867. The largest absolute Gasteiger partial charge is 0.482 e. The van der Waals surface area contributed by atoms with Gasteiger partial charge < -0.3 is 20.1 Å². The van der Waals surface area contributed by atoms with Gasteiger partial charge in [0.05, 0.1) is 0 Å². The van der Waals surface area contributed by atoms with Crippen LogP contribution in [0.15, 0.2) is 42.5 Å². The summed E-state index contributed by atoms with van der Waals surface area (Å²) in [5.74, 6) is -0.859. The maximum atomic E-state index is 12.2. The highest BCUT2D eigenvalue weighted by Crippen LogP contribution is 2.21. The zero-order valence-corrected chi connectivity index (χ0v) is 16.5. The second-order valence-corrected chi connectivity index (χ2v) is 6.49. The summed E-state index contributed by atoms with van der Waals surface area (Å²) in [4.78, 5) is 35.0. The smallest absolute Gasteiger partial charge is 0.344 e. The number of aryl methyl sites for hydroxylation is 1. The van der Waals surface area contributed by atoms with Gasteiger partial charge in [-0.1, -0.05) is 11.6 Å². The number of nitrogens with one attached hydrogen (secondary N) is 2. The van der Waals surface area contributed by atoms with Crippen LogP contribution in [0.1, 0.15) is 19.4 Å². The molecule has 2 aromatic rings. The Kier molecular flexibility index (Phi) is 7.40. The van der Waals surface area contributed by atoms with Gasteiger partial charge in [-0.15, -0.1) is 0 Å². The van der Waals surface area contributed by atoms with Crippen LogP contribution >= 0.6 is 11.6 Å². The van der Waals surface area contributed by atoms with E-state index in [0.29, 0.717) is 22.1 Å². The fourth-order valence-electron chi connectivity index (χ4n) is 2.22. The van der Waals surface area contributed by atoms with Crippen LogP contribution in [-0.2, 0) is 19.1 Å². The first-order chi connectivity index (χ1) is 13.2. The molecule has 0 fully saturated rings. The van der Waals surface area contributed by atoms with Crippen molar-refractivity contribution in [2.75, 3.05) is 17.2 Å². The van der Waals surface area contributed by atoms with Crippen LogP contribution in [0.4, 0.5) is 11.4 Å². The van der Waals surface area contributed by atoms with E-state index in [-0.39, 0.29) is 12.5 Å². The lowest BCUT2D eigenvalue weighted by Gasteiger charge is -2.14. The monoisotopic (exact) mass is 404 g/mol. The third-order valence-corrected chi connectivity index (χ3v) is 4.06. The molecule has 2 N–H and O–H groups in total. The van der Waals surface area contributed by atoms with Crippen LogP contribution < -0.4 is 15.4 Å². The minimum Gasteiger partial charge on any atom is -0.482 e. The topological polar surface area (TPSA) is 93.7 Å². The normalized spacial score (nSPS) is 11.3. The number of hydrogen-bond donors (Lipinski definition) is 2. The van der Waals surface area contributed by atoms with E-state index in [2.05, 4.69) is 10.6 Å². The van der Waals surface area contributed by atoms with Crippen molar-refractivity contribution in [1.82, 2.24) is 0 Å². The van der Waals surface area contributed by atoms with Crippen LogP contribution in [0.2, 0.25) is 5.02 Å². The Hall–Kier alpha value is -3.06.